The Kier molecular flexibility index (Phi) is 4.20. The molecule has 21 heavy (non-hydrogen) atoms. The van der Waals surface area contributed by atoms with E-state index in [-0.39, 0.29) is 5.91 Å². The molecule has 1 amide bonds. The first-order valence-corrected chi connectivity index (χ1v) is 7.40. The number of carbonyl (C=O) groups excluding carboxylic acids is 1. The Morgan fingerprint density at radius 2 is 1.76 bits per heavy atom. The lowest BCUT2D eigenvalue weighted by Crippen LogP contribution is -2.19. The second-order valence-corrected chi connectivity index (χ2v) is 5.45. The highest BCUT2D eigenvalue weighted by atomic mass is 16.5. The average molecular weight is 281 g/mol. The van der Waals surface area contributed by atoms with E-state index in [1.54, 1.807) is 12.1 Å². The van der Waals surface area contributed by atoms with Gasteiger partial charge in [-0.15, -0.1) is 0 Å². The highest BCUT2D eigenvalue weighted by molar-refractivity contribution is 6.04. The topological polar surface area (TPSA) is 38.3 Å². The SMILES string of the molecule is O=C(Nc1ccc(OCC2CCC2)cc1)c1ccccc1. The molecule has 0 heterocycles. The molecular formula is C18H19NO2. The van der Waals surface area contributed by atoms with Crippen LogP contribution in [0.1, 0.15) is 29.6 Å². The Hall–Kier alpha value is -2.29. The molecule has 0 saturated heterocycles. The molecule has 1 fully saturated rings. The van der Waals surface area contributed by atoms with E-state index in [2.05, 4.69) is 5.32 Å². The van der Waals surface area contributed by atoms with Gasteiger partial charge in [0.25, 0.3) is 5.91 Å². The maximum Gasteiger partial charge on any atom is 0.255 e. The number of ether oxygens (including phenoxy) is 1. The van der Waals surface area contributed by atoms with Crippen molar-refractivity contribution >= 4 is 11.6 Å². The van der Waals surface area contributed by atoms with Gasteiger partial charge in [0.1, 0.15) is 5.75 Å². The number of rotatable bonds is 5. The molecule has 2 aromatic rings. The number of benzene rings is 2. The van der Waals surface area contributed by atoms with Crippen LogP contribution in [0.5, 0.6) is 5.75 Å². The van der Waals surface area contributed by atoms with Gasteiger partial charge in [-0.05, 0) is 55.2 Å². The highest BCUT2D eigenvalue weighted by Gasteiger charge is 2.17. The van der Waals surface area contributed by atoms with E-state index in [0.29, 0.717) is 5.56 Å². The second kappa shape index (κ2) is 6.44. The van der Waals surface area contributed by atoms with Gasteiger partial charge in [0.15, 0.2) is 0 Å². The van der Waals surface area contributed by atoms with Gasteiger partial charge in [0.2, 0.25) is 0 Å². The number of anilines is 1. The van der Waals surface area contributed by atoms with Gasteiger partial charge in [0, 0.05) is 11.3 Å². The third-order valence-corrected chi connectivity index (χ3v) is 3.86. The van der Waals surface area contributed by atoms with Crippen LogP contribution in [0.4, 0.5) is 5.69 Å². The standard InChI is InChI=1S/C18H19NO2/c20-18(15-7-2-1-3-8-15)19-16-9-11-17(12-10-16)21-13-14-5-4-6-14/h1-3,7-12,14H,4-6,13H2,(H,19,20). The van der Waals surface area contributed by atoms with Crippen LogP contribution >= 0.6 is 0 Å². The number of hydrogen-bond acceptors (Lipinski definition) is 2. The third-order valence-electron chi connectivity index (χ3n) is 3.86. The second-order valence-electron chi connectivity index (χ2n) is 5.45. The molecule has 3 nitrogen and oxygen atoms in total. The van der Waals surface area contributed by atoms with Crippen molar-refractivity contribution in [1.82, 2.24) is 0 Å². The summed E-state index contributed by atoms with van der Waals surface area (Å²) in [6, 6.07) is 16.7. The first-order chi connectivity index (χ1) is 10.3. The van der Waals surface area contributed by atoms with E-state index >= 15 is 0 Å². The number of hydrogen-bond donors (Lipinski definition) is 1. The van der Waals surface area contributed by atoms with Crippen molar-refractivity contribution in [1.29, 1.82) is 0 Å². The van der Waals surface area contributed by atoms with Crippen molar-refractivity contribution < 1.29 is 9.53 Å². The molecular weight excluding hydrogens is 262 g/mol. The largest absolute Gasteiger partial charge is 0.493 e. The summed E-state index contributed by atoms with van der Waals surface area (Å²) in [6.45, 7) is 0.801. The van der Waals surface area contributed by atoms with E-state index in [1.807, 2.05) is 42.5 Å². The molecule has 1 aliphatic rings. The molecule has 0 unspecified atom stereocenters. The van der Waals surface area contributed by atoms with Gasteiger partial charge in [-0.3, -0.25) is 4.79 Å². The highest BCUT2D eigenvalue weighted by Crippen LogP contribution is 2.27. The van der Waals surface area contributed by atoms with Crippen LogP contribution in [0.15, 0.2) is 54.6 Å². The zero-order valence-corrected chi connectivity index (χ0v) is 11.9. The summed E-state index contributed by atoms with van der Waals surface area (Å²) in [4.78, 5) is 12.0. The van der Waals surface area contributed by atoms with Crippen LogP contribution in [0.3, 0.4) is 0 Å². The van der Waals surface area contributed by atoms with Gasteiger partial charge in [-0.2, -0.15) is 0 Å². The summed E-state index contributed by atoms with van der Waals surface area (Å²) in [5.41, 5.74) is 1.43. The Labute approximate surface area is 124 Å². The number of carbonyl (C=O) groups is 1. The minimum absolute atomic E-state index is 0.0984. The minimum Gasteiger partial charge on any atom is -0.493 e. The fraction of sp³-hybridized carbons (Fsp3) is 0.278. The fourth-order valence-corrected chi connectivity index (χ4v) is 2.30. The van der Waals surface area contributed by atoms with Crippen molar-refractivity contribution in [2.24, 2.45) is 5.92 Å². The van der Waals surface area contributed by atoms with E-state index < -0.39 is 0 Å². The molecule has 0 atom stereocenters. The van der Waals surface area contributed by atoms with Crippen LogP contribution in [0.2, 0.25) is 0 Å². The molecule has 0 aliphatic heterocycles. The maximum atomic E-state index is 12.0. The van der Waals surface area contributed by atoms with Crippen molar-refractivity contribution in [3.05, 3.63) is 60.2 Å². The normalized spacial score (nSPS) is 14.3. The van der Waals surface area contributed by atoms with Gasteiger partial charge in [0.05, 0.1) is 6.61 Å². The molecule has 1 aliphatic carbocycles. The van der Waals surface area contributed by atoms with Crippen LogP contribution < -0.4 is 10.1 Å². The van der Waals surface area contributed by atoms with Crippen molar-refractivity contribution in [3.63, 3.8) is 0 Å². The fourth-order valence-electron chi connectivity index (χ4n) is 2.30. The first-order valence-electron chi connectivity index (χ1n) is 7.40. The predicted octanol–water partition coefficient (Wildman–Crippen LogP) is 4.12. The van der Waals surface area contributed by atoms with Crippen molar-refractivity contribution in [3.8, 4) is 5.75 Å². The molecule has 1 N–H and O–H groups in total. The third kappa shape index (κ3) is 3.63. The molecule has 0 radical (unpaired) electrons. The predicted molar refractivity (Wildman–Crippen MR) is 83.7 cm³/mol. The van der Waals surface area contributed by atoms with E-state index in [0.717, 1.165) is 24.0 Å². The quantitative estimate of drug-likeness (QED) is 0.895. The summed E-state index contributed by atoms with van der Waals surface area (Å²) in [5.74, 6) is 1.49. The molecule has 108 valence electrons. The molecule has 3 heteroatoms. The number of amides is 1. The van der Waals surface area contributed by atoms with E-state index in [1.165, 1.54) is 19.3 Å². The lowest BCUT2D eigenvalue weighted by Gasteiger charge is -2.25. The van der Waals surface area contributed by atoms with Crippen LogP contribution in [-0.4, -0.2) is 12.5 Å². The van der Waals surface area contributed by atoms with Gasteiger partial charge in [-0.1, -0.05) is 24.6 Å². The van der Waals surface area contributed by atoms with Crippen molar-refractivity contribution in [2.45, 2.75) is 19.3 Å². The lowest BCUT2D eigenvalue weighted by atomic mass is 9.86. The van der Waals surface area contributed by atoms with Gasteiger partial charge in [-0.25, -0.2) is 0 Å². The van der Waals surface area contributed by atoms with Crippen LogP contribution in [0.25, 0.3) is 0 Å². The summed E-state index contributed by atoms with van der Waals surface area (Å²) >= 11 is 0. The summed E-state index contributed by atoms with van der Waals surface area (Å²) < 4.78 is 5.74. The zero-order valence-electron chi connectivity index (χ0n) is 11.9. The Bertz CT molecular complexity index is 588. The van der Waals surface area contributed by atoms with E-state index in [4.69, 9.17) is 4.74 Å². The Morgan fingerprint density at radius 3 is 2.38 bits per heavy atom. The monoisotopic (exact) mass is 281 g/mol. The minimum atomic E-state index is -0.0984. The summed E-state index contributed by atoms with van der Waals surface area (Å²) in [7, 11) is 0. The molecule has 0 bridgehead atoms. The molecule has 3 rings (SSSR count). The smallest absolute Gasteiger partial charge is 0.255 e. The summed E-state index contributed by atoms with van der Waals surface area (Å²) in [6.07, 6.45) is 3.90. The first kappa shape index (κ1) is 13.7. The molecule has 2 aromatic carbocycles. The van der Waals surface area contributed by atoms with Gasteiger partial charge < -0.3 is 10.1 Å². The number of nitrogens with one attached hydrogen (secondary N) is 1. The Balaban J connectivity index is 1.55. The Morgan fingerprint density at radius 1 is 1.05 bits per heavy atom. The summed E-state index contributed by atoms with van der Waals surface area (Å²) in [5, 5.41) is 2.88. The van der Waals surface area contributed by atoms with Crippen molar-refractivity contribution in [2.75, 3.05) is 11.9 Å². The zero-order chi connectivity index (χ0) is 14.5. The van der Waals surface area contributed by atoms with Crippen LogP contribution in [0, 0.1) is 5.92 Å². The average Bonchev–Trinajstić information content (AvgIpc) is 2.48. The molecule has 0 aromatic heterocycles. The van der Waals surface area contributed by atoms with Crippen LogP contribution in [-0.2, 0) is 0 Å². The lowest BCUT2D eigenvalue weighted by molar-refractivity contribution is 0.102. The molecule has 0 spiro atoms. The van der Waals surface area contributed by atoms with Gasteiger partial charge >= 0.3 is 0 Å². The van der Waals surface area contributed by atoms with E-state index in [9.17, 15) is 4.79 Å². The molecule has 1 saturated carbocycles. The maximum absolute atomic E-state index is 12.0.